The SMILES string of the molecule is CC(C)(C)[C@@H]1CCCN1c1nc(Cl)nn2c([C@@H]3O[C@H](C[O])[C@@H](O)[C@H]3O)cnc12. The summed E-state index contributed by atoms with van der Waals surface area (Å²) in [6.07, 6.45) is -0.776. The molecule has 2 aromatic rings. The van der Waals surface area contributed by atoms with Gasteiger partial charge < -0.3 is 19.8 Å². The van der Waals surface area contributed by atoms with Crippen molar-refractivity contribution in [1.29, 1.82) is 0 Å². The highest BCUT2D eigenvalue weighted by Gasteiger charge is 2.45. The van der Waals surface area contributed by atoms with E-state index in [1.807, 2.05) is 0 Å². The Balaban J connectivity index is 1.78. The number of hydrogen-bond acceptors (Lipinski definition) is 7. The van der Waals surface area contributed by atoms with Gasteiger partial charge in [-0.05, 0) is 29.9 Å². The van der Waals surface area contributed by atoms with Gasteiger partial charge in [0.15, 0.2) is 11.5 Å². The molecule has 2 fully saturated rings. The Labute approximate surface area is 167 Å². The van der Waals surface area contributed by atoms with E-state index in [9.17, 15) is 15.3 Å². The average Bonchev–Trinajstić information content (AvgIpc) is 3.33. The maximum absolute atomic E-state index is 11.2. The first-order valence-corrected chi connectivity index (χ1v) is 9.87. The van der Waals surface area contributed by atoms with Crippen molar-refractivity contribution in [2.75, 3.05) is 18.1 Å². The molecule has 2 aliphatic rings. The van der Waals surface area contributed by atoms with Gasteiger partial charge in [-0.2, -0.15) is 4.98 Å². The summed E-state index contributed by atoms with van der Waals surface area (Å²) >= 11 is 6.22. The lowest BCUT2D eigenvalue weighted by Gasteiger charge is -2.35. The third-order valence-electron chi connectivity index (χ3n) is 5.69. The Hall–Kier alpha value is -1.52. The van der Waals surface area contributed by atoms with Crippen LogP contribution in [0, 0.1) is 5.41 Å². The number of fused-ring (bicyclic) bond motifs is 1. The van der Waals surface area contributed by atoms with Gasteiger partial charge in [-0.15, -0.1) is 5.10 Å². The molecule has 0 spiro atoms. The number of nitrogens with zero attached hydrogens (tertiary/aromatic N) is 5. The van der Waals surface area contributed by atoms with Gasteiger partial charge >= 0.3 is 0 Å². The Morgan fingerprint density at radius 3 is 2.71 bits per heavy atom. The highest BCUT2D eigenvalue weighted by molar-refractivity contribution is 6.28. The van der Waals surface area contributed by atoms with Crippen LogP contribution in [-0.2, 0) is 9.84 Å². The highest BCUT2D eigenvalue weighted by atomic mass is 35.5. The zero-order valence-electron chi connectivity index (χ0n) is 16.1. The van der Waals surface area contributed by atoms with Crippen LogP contribution >= 0.6 is 11.6 Å². The smallest absolute Gasteiger partial charge is 0.243 e. The summed E-state index contributed by atoms with van der Waals surface area (Å²) in [5, 5.41) is 35.9. The number of imidazole rings is 1. The van der Waals surface area contributed by atoms with Crippen molar-refractivity contribution in [3.8, 4) is 0 Å². The van der Waals surface area contributed by atoms with Crippen LogP contribution in [-0.4, -0.2) is 67.3 Å². The van der Waals surface area contributed by atoms with Crippen LogP contribution in [0.3, 0.4) is 0 Å². The van der Waals surface area contributed by atoms with Crippen molar-refractivity contribution >= 4 is 23.1 Å². The second-order valence-corrected chi connectivity index (χ2v) is 8.92. The molecular weight excluding hydrogens is 386 g/mol. The quantitative estimate of drug-likeness (QED) is 0.785. The number of aliphatic hydroxyl groups is 2. The molecule has 2 aromatic heterocycles. The summed E-state index contributed by atoms with van der Waals surface area (Å²) in [4.78, 5) is 11.1. The van der Waals surface area contributed by atoms with Crippen LogP contribution in [0.15, 0.2) is 6.20 Å². The Morgan fingerprint density at radius 2 is 2.07 bits per heavy atom. The van der Waals surface area contributed by atoms with E-state index in [-0.39, 0.29) is 16.7 Å². The zero-order valence-corrected chi connectivity index (χ0v) is 16.9. The third-order valence-corrected chi connectivity index (χ3v) is 5.85. The number of aromatic nitrogens is 4. The van der Waals surface area contributed by atoms with Gasteiger partial charge in [0, 0.05) is 12.6 Å². The van der Waals surface area contributed by atoms with E-state index in [0.29, 0.717) is 17.2 Å². The molecule has 4 heterocycles. The van der Waals surface area contributed by atoms with Crippen molar-refractivity contribution in [1.82, 2.24) is 19.6 Å². The van der Waals surface area contributed by atoms with E-state index in [1.165, 1.54) is 10.7 Å². The third kappa shape index (κ3) is 3.15. The maximum atomic E-state index is 11.2. The molecule has 2 N–H and O–H groups in total. The van der Waals surface area contributed by atoms with Gasteiger partial charge in [0.1, 0.15) is 31.0 Å². The molecule has 0 amide bonds. The fourth-order valence-corrected chi connectivity index (χ4v) is 4.45. The Bertz CT molecular complexity index is 870. The van der Waals surface area contributed by atoms with Crippen molar-refractivity contribution in [2.24, 2.45) is 5.41 Å². The zero-order chi connectivity index (χ0) is 20.2. The fraction of sp³-hybridized carbons (Fsp3) is 0.722. The van der Waals surface area contributed by atoms with E-state index in [0.717, 1.165) is 19.4 Å². The molecule has 153 valence electrons. The molecule has 2 saturated heterocycles. The molecule has 0 bridgehead atoms. The number of rotatable bonds is 3. The van der Waals surface area contributed by atoms with Crippen LogP contribution in [0.25, 0.3) is 5.65 Å². The van der Waals surface area contributed by atoms with Crippen molar-refractivity contribution in [3.05, 3.63) is 17.2 Å². The summed E-state index contributed by atoms with van der Waals surface area (Å²) in [5.41, 5.74) is 0.984. The molecule has 28 heavy (non-hydrogen) atoms. The molecule has 0 aliphatic carbocycles. The van der Waals surface area contributed by atoms with Gasteiger partial charge in [0.05, 0.1) is 11.9 Å². The monoisotopic (exact) mass is 410 g/mol. The van der Waals surface area contributed by atoms with Gasteiger partial charge in [0.2, 0.25) is 5.28 Å². The fourth-order valence-electron chi connectivity index (χ4n) is 4.30. The van der Waals surface area contributed by atoms with Crippen molar-refractivity contribution in [3.63, 3.8) is 0 Å². The first-order chi connectivity index (χ1) is 13.2. The molecule has 10 heteroatoms. The Kier molecular flexibility index (Phi) is 4.99. The summed E-state index contributed by atoms with van der Waals surface area (Å²) in [5.74, 6) is 0.636. The molecule has 2 aliphatic heterocycles. The summed E-state index contributed by atoms with van der Waals surface area (Å²) in [6.45, 7) is 6.78. The van der Waals surface area contributed by atoms with E-state index >= 15 is 0 Å². The van der Waals surface area contributed by atoms with Crippen LogP contribution in [0.2, 0.25) is 5.28 Å². The minimum Gasteiger partial charge on any atom is -0.387 e. The number of aliphatic hydroxyl groups excluding tert-OH is 2. The molecule has 0 unspecified atom stereocenters. The highest BCUT2D eigenvalue weighted by Crippen LogP contribution is 2.38. The summed E-state index contributed by atoms with van der Waals surface area (Å²) in [6, 6.07) is 0.280. The van der Waals surface area contributed by atoms with Crippen LogP contribution in [0.4, 0.5) is 5.82 Å². The molecule has 9 nitrogen and oxygen atoms in total. The summed E-state index contributed by atoms with van der Waals surface area (Å²) < 4.78 is 7.07. The largest absolute Gasteiger partial charge is 0.387 e. The van der Waals surface area contributed by atoms with Gasteiger partial charge in [0.25, 0.3) is 0 Å². The van der Waals surface area contributed by atoms with E-state index in [4.69, 9.17) is 16.3 Å². The van der Waals surface area contributed by atoms with Gasteiger partial charge in [-0.3, -0.25) is 0 Å². The normalized spacial score (nSPS) is 31.2. The first kappa shape index (κ1) is 19.8. The molecular formula is C18H25ClN5O4. The average molecular weight is 411 g/mol. The minimum absolute atomic E-state index is 0.0507. The molecule has 0 saturated carbocycles. The lowest BCUT2D eigenvalue weighted by molar-refractivity contribution is -0.0411. The standard InChI is InChI=1S/C18H25ClN5O4/c1-18(2,3)11-5-4-6-23(11)16-15-20-7-9(24(15)22-17(19)21-16)14-13(27)12(26)10(8-25)28-14/h7,10-14,26-27H,4-6,8H2,1-3H3/t10-,11+,12-,13-,14+/m1/s1. The molecule has 0 aromatic carbocycles. The number of hydrogen-bond donors (Lipinski definition) is 2. The summed E-state index contributed by atoms with van der Waals surface area (Å²) in [7, 11) is 0. The van der Waals surface area contributed by atoms with Crippen molar-refractivity contribution in [2.45, 2.75) is 64.1 Å². The van der Waals surface area contributed by atoms with Crippen LogP contribution in [0.5, 0.6) is 0 Å². The predicted molar refractivity (Wildman–Crippen MR) is 101 cm³/mol. The van der Waals surface area contributed by atoms with Gasteiger partial charge in [-0.1, -0.05) is 20.8 Å². The van der Waals surface area contributed by atoms with E-state index in [2.05, 4.69) is 40.7 Å². The first-order valence-electron chi connectivity index (χ1n) is 9.50. The lowest BCUT2D eigenvalue weighted by Crippen LogP contribution is -2.40. The second kappa shape index (κ2) is 7.07. The van der Waals surface area contributed by atoms with Crippen LogP contribution < -0.4 is 4.90 Å². The predicted octanol–water partition coefficient (Wildman–Crippen LogP) is 1.38. The number of halogens is 1. The number of ether oxygens (including phenoxy) is 1. The van der Waals surface area contributed by atoms with E-state index in [1.54, 1.807) is 0 Å². The second-order valence-electron chi connectivity index (χ2n) is 8.58. The maximum Gasteiger partial charge on any atom is 0.243 e. The minimum atomic E-state index is -1.26. The van der Waals surface area contributed by atoms with Crippen LogP contribution in [0.1, 0.15) is 45.4 Å². The number of anilines is 1. The van der Waals surface area contributed by atoms with Gasteiger partial charge in [-0.25, -0.2) is 14.6 Å². The topological polar surface area (TPSA) is 116 Å². The molecule has 4 rings (SSSR count). The molecule has 1 radical (unpaired) electrons. The van der Waals surface area contributed by atoms with Crippen molar-refractivity contribution < 1.29 is 20.1 Å². The molecule has 5 atom stereocenters. The lowest BCUT2D eigenvalue weighted by atomic mass is 9.85. The van der Waals surface area contributed by atoms with E-state index < -0.39 is 31.0 Å². The Morgan fingerprint density at radius 1 is 1.32 bits per heavy atom.